The van der Waals surface area contributed by atoms with Gasteiger partial charge in [-0.15, -0.1) is 6.58 Å². The van der Waals surface area contributed by atoms with Crippen molar-refractivity contribution in [2.75, 3.05) is 0 Å². The van der Waals surface area contributed by atoms with Gasteiger partial charge in [0.2, 0.25) is 0 Å². The second kappa shape index (κ2) is 6.06. The number of benzene rings is 2. The van der Waals surface area contributed by atoms with Crippen LogP contribution in [0.3, 0.4) is 0 Å². The molecule has 0 aliphatic rings. The summed E-state index contributed by atoms with van der Waals surface area (Å²) in [6.45, 7) is 6.47. The monoisotopic (exact) mass is 238 g/mol. The Morgan fingerprint density at radius 1 is 1.11 bits per heavy atom. The molecule has 0 bridgehead atoms. The SMILES string of the molecule is C=CCc1ccccc1OCc1cccc(C)c1. The fraction of sp³-hybridized carbons (Fsp3) is 0.176. The zero-order valence-electron chi connectivity index (χ0n) is 10.7. The molecule has 0 saturated heterocycles. The van der Waals surface area contributed by atoms with E-state index < -0.39 is 0 Å². The lowest BCUT2D eigenvalue weighted by Gasteiger charge is -2.10. The summed E-state index contributed by atoms with van der Waals surface area (Å²) in [6.07, 6.45) is 2.73. The molecule has 2 aromatic carbocycles. The minimum Gasteiger partial charge on any atom is -0.489 e. The Kier molecular flexibility index (Phi) is 4.19. The van der Waals surface area contributed by atoms with Gasteiger partial charge in [-0.25, -0.2) is 0 Å². The minimum atomic E-state index is 0.607. The van der Waals surface area contributed by atoms with Crippen LogP contribution in [0.2, 0.25) is 0 Å². The Labute approximate surface area is 109 Å². The normalized spacial score (nSPS) is 10.1. The summed E-state index contributed by atoms with van der Waals surface area (Å²) < 4.78 is 5.88. The second-order valence-corrected chi connectivity index (χ2v) is 4.38. The average Bonchev–Trinajstić information content (AvgIpc) is 2.38. The van der Waals surface area contributed by atoms with Gasteiger partial charge in [0.15, 0.2) is 0 Å². The van der Waals surface area contributed by atoms with Crippen LogP contribution in [0.5, 0.6) is 5.75 Å². The van der Waals surface area contributed by atoms with Crippen molar-refractivity contribution in [1.29, 1.82) is 0 Å². The van der Waals surface area contributed by atoms with Crippen LogP contribution in [0.25, 0.3) is 0 Å². The molecule has 2 aromatic rings. The average molecular weight is 238 g/mol. The van der Waals surface area contributed by atoms with Gasteiger partial charge in [-0.2, -0.15) is 0 Å². The van der Waals surface area contributed by atoms with Crippen molar-refractivity contribution in [3.63, 3.8) is 0 Å². The molecule has 0 radical (unpaired) electrons. The molecule has 1 heteroatoms. The van der Waals surface area contributed by atoms with Crippen molar-refractivity contribution in [2.45, 2.75) is 20.0 Å². The van der Waals surface area contributed by atoms with Gasteiger partial charge in [-0.1, -0.05) is 54.1 Å². The molecule has 0 aliphatic carbocycles. The van der Waals surface area contributed by atoms with E-state index >= 15 is 0 Å². The highest BCUT2D eigenvalue weighted by Crippen LogP contribution is 2.20. The minimum absolute atomic E-state index is 0.607. The van der Waals surface area contributed by atoms with Gasteiger partial charge in [-0.3, -0.25) is 0 Å². The van der Waals surface area contributed by atoms with Crippen molar-refractivity contribution in [2.24, 2.45) is 0 Å². The number of rotatable bonds is 5. The van der Waals surface area contributed by atoms with Gasteiger partial charge in [-0.05, 0) is 30.5 Å². The second-order valence-electron chi connectivity index (χ2n) is 4.38. The van der Waals surface area contributed by atoms with E-state index in [0.29, 0.717) is 6.61 Å². The fourth-order valence-electron chi connectivity index (χ4n) is 1.93. The van der Waals surface area contributed by atoms with Crippen molar-refractivity contribution < 1.29 is 4.74 Å². The van der Waals surface area contributed by atoms with E-state index in [1.54, 1.807) is 0 Å². The topological polar surface area (TPSA) is 9.23 Å². The standard InChI is InChI=1S/C17H18O/c1-3-7-16-10-4-5-11-17(16)18-13-15-9-6-8-14(2)12-15/h3-6,8-12H,1,7,13H2,2H3. The van der Waals surface area contributed by atoms with Crippen LogP contribution in [0.15, 0.2) is 61.2 Å². The Morgan fingerprint density at radius 3 is 2.72 bits per heavy atom. The highest BCUT2D eigenvalue weighted by molar-refractivity contribution is 5.35. The molecule has 0 aliphatic heterocycles. The molecule has 0 unspecified atom stereocenters. The molecule has 0 fully saturated rings. The molecule has 0 amide bonds. The third-order valence-electron chi connectivity index (χ3n) is 2.81. The van der Waals surface area contributed by atoms with Crippen molar-refractivity contribution >= 4 is 0 Å². The first-order valence-corrected chi connectivity index (χ1v) is 6.17. The Hall–Kier alpha value is -2.02. The zero-order valence-corrected chi connectivity index (χ0v) is 10.7. The molecule has 0 atom stereocenters. The predicted octanol–water partition coefficient (Wildman–Crippen LogP) is 4.30. The van der Waals surface area contributed by atoms with E-state index in [9.17, 15) is 0 Å². The van der Waals surface area contributed by atoms with E-state index in [4.69, 9.17) is 4.74 Å². The summed E-state index contributed by atoms with van der Waals surface area (Å²) >= 11 is 0. The van der Waals surface area contributed by atoms with Crippen LogP contribution in [-0.4, -0.2) is 0 Å². The Bertz CT molecular complexity index is 529. The summed E-state index contributed by atoms with van der Waals surface area (Å²) in [4.78, 5) is 0. The maximum absolute atomic E-state index is 5.88. The molecule has 0 heterocycles. The number of hydrogen-bond donors (Lipinski definition) is 0. The van der Waals surface area contributed by atoms with Crippen LogP contribution >= 0.6 is 0 Å². The summed E-state index contributed by atoms with van der Waals surface area (Å²) in [5.74, 6) is 0.943. The van der Waals surface area contributed by atoms with Crippen molar-refractivity contribution in [3.8, 4) is 5.75 Å². The van der Waals surface area contributed by atoms with Gasteiger partial charge < -0.3 is 4.74 Å². The Morgan fingerprint density at radius 2 is 1.94 bits per heavy atom. The van der Waals surface area contributed by atoms with Crippen LogP contribution in [0, 0.1) is 6.92 Å². The smallest absolute Gasteiger partial charge is 0.123 e. The van der Waals surface area contributed by atoms with Gasteiger partial charge in [0.25, 0.3) is 0 Å². The van der Waals surface area contributed by atoms with Gasteiger partial charge >= 0.3 is 0 Å². The summed E-state index contributed by atoms with van der Waals surface area (Å²) in [6, 6.07) is 16.5. The first kappa shape index (κ1) is 12.4. The molecule has 0 saturated carbocycles. The summed E-state index contributed by atoms with van der Waals surface area (Å²) in [5.41, 5.74) is 3.64. The third-order valence-corrected chi connectivity index (χ3v) is 2.81. The molecular formula is C17H18O. The predicted molar refractivity (Wildman–Crippen MR) is 75.9 cm³/mol. The molecule has 1 nitrogen and oxygen atoms in total. The molecule has 0 aromatic heterocycles. The van der Waals surface area contributed by atoms with Crippen LogP contribution in [0.1, 0.15) is 16.7 Å². The largest absolute Gasteiger partial charge is 0.489 e. The van der Waals surface area contributed by atoms with E-state index in [1.165, 1.54) is 16.7 Å². The quantitative estimate of drug-likeness (QED) is 0.705. The van der Waals surface area contributed by atoms with Crippen molar-refractivity contribution in [3.05, 3.63) is 77.9 Å². The van der Waals surface area contributed by atoms with Crippen LogP contribution in [0.4, 0.5) is 0 Å². The maximum Gasteiger partial charge on any atom is 0.123 e. The molecule has 2 rings (SSSR count). The highest BCUT2D eigenvalue weighted by Gasteiger charge is 2.01. The van der Waals surface area contributed by atoms with Crippen LogP contribution < -0.4 is 4.74 Å². The lowest BCUT2D eigenvalue weighted by atomic mass is 10.1. The van der Waals surface area contributed by atoms with E-state index in [-0.39, 0.29) is 0 Å². The molecular weight excluding hydrogens is 220 g/mol. The van der Waals surface area contributed by atoms with E-state index in [1.807, 2.05) is 24.3 Å². The maximum atomic E-state index is 5.88. The molecule has 18 heavy (non-hydrogen) atoms. The number of para-hydroxylation sites is 1. The van der Waals surface area contributed by atoms with Crippen LogP contribution in [-0.2, 0) is 13.0 Å². The first-order chi connectivity index (χ1) is 8.79. The fourth-order valence-corrected chi connectivity index (χ4v) is 1.93. The molecule has 92 valence electrons. The zero-order chi connectivity index (χ0) is 12.8. The summed E-state index contributed by atoms with van der Waals surface area (Å²) in [5, 5.41) is 0. The number of ether oxygens (including phenoxy) is 1. The van der Waals surface area contributed by atoms with Gasteiger partial charge in [0, 0.05) is 0 Å². The van der Waals surface area contributed by atoms with Gasteiger partial charge in [0.05, 0.1) is 0 Å². The number of allylic oxidation sites excluding steroid dienone is 1. The lowest BCUT2D eigenvalue weighted by molar-refractivity contribution is 0.303. The molecule has 0 spiro atoms. The lowest BCUT2D eigenvalue weighted by Crippen LogP contribution is -1.98. The number of hydrogen-bond acceptors (Lipinski definition) is 1. The van der Waals surface area contributed by atoms with E-state index in [0.717, 1.165) is 12.2 Å². The first-order valence-electron chi connectivity index (χ1n) is 6.17. The summed E-state index contributed by atoms with van der Waals surface area (Å²) in [7, 11) is 0. The molecule has 0 N–H and O–H groups in total. The Balaban J connectivity index is 2.08. The third kappa shape index (κ3) is 3.24. The highest BCUT2D eigenvalue weighted by atomic mass is 16.5. The van der Waals surface area contributed by atoms with E-state index in [2.05, 4.69) is 43.8 Å². The number of aryl methyl sites for hydroxylation is 1. The van der Waals surface area contributed by atoms with Gasteiger partial charge in [0.1, 0.15) is 12.4 Å². The van der Waals surface area contributed by atoms with Crippen molar-refractivity contribution in [1.82, 2.24) is 0 Å².